The van der Waals surface area contributed by atoms with Crippen LogP contribution in [-0.4, -0.2) is 16.9 Å². The second kappa shape index (κ2) is 4.68. The van der Waals surface area contributed by atoms with Gasteiger partial charge in [0, 0.05) is 5.56 Å². The average molecular weight is 210 g/mol. The van der Waals surface area contributed by atoms with Crippen molar-refractivity contribution >= 4 is 11.8 Å². The van der Waals surface area contributed by atoms with Gasteiger partial charge in [-0.2, -0.15) is 0 Å². The summed E-state index contributed by atoms with van der Waals surface area (Å²) in [5.74, 6) is -2.05. The highest BCUT2D eigenvalue weighted by Gasteiger charge is 2.12. The van der Waals surface area contributed by atoms with Gasteiger partial charge >= 0.3 is 5.97 Å². The van der Waals surface area contributed by atoms with Crippen molar-refractivity contribution in [1.82, 2.24) is 0 Å². The molecular formula is C11H11FO3. The normalized spacial score (nSPS) is 10.0. The van der Waals surface area contributed by atoms with Crippen LogP contribution in [0.2, 0.25) is 0 Å². The third-order valence-corrected chi connectivity index (χ3v) is 2.06. The average Bonchev–Trinajstić information content (AvgIpc) is 2.17. The van der Waals surface area contributed by atoms with Crippen molar-refractivity contribution in [1.29, 1.82) is 0 Å². The number of carboxylic acids is 1. The lowest BCUT2D eigenvalue weighted by Crippen LogP contribution is -2.07. The Morgan fingerprint density at radius 1 is 1.40 bits per heavy atom. The molecule has 3 nitrogen and oxygen atoms in total. The quantitative estimate of drug-likeness (QED) is 0.611. The molecule has 0 fully saturated rings. The van der Waals surface area contributed by atoms with Crippen LogP contribution in [0.3, 0.4) is 0 Å². The molecule has 15 heavy (non-hydrogen) atoms. The predicted molar refractivity (Wildman–Crippen MR) is 52.4 cm³/mol. The molecule has 0 spiro atoms. The van der Waals surface area contributed by atoms with Gasteiger partial charge in [0.1, 0.15) is 12.2 Å². The van der Waals surface area contributed by atoms with E-state index in [2.05, 4.69) is 0 Å². The van der Waals surface area contributed by atoms with Crippen LogP contribution in [-0.2, 0) is 11.2 Å². The Morgan fingerprint density at radius 2 is 2.07 bits per heavy atom. The minimum absolute atomic E-state index is 0.246. The molecule has 0 saturated heterocycles. The number of aryl methyl sites for hydroxylation is 1. The van der Waals surface area contributed by atoms with Gasteiger partial charge in [0.2, 0.25) is 0 Å². The monoisotopic (exact) mass is 210 g/mol. The number of benzene rings is 1. The number of ketones is 1. The summed E-state index contributed by atoms with van der Waals surface area (Å²) in [4.78, 5) is 21.6. The number of carbonyl (C=O) groups is 2. The van der Waals surface area contributed by atoms with Gasteiger partial charge in [0.15, 0.2) is 5.78 Å². The SMILES string of the molecule is CCc1cc(C(=O)CC(=O)O)ccc1F. The first-order valence-electron chi connectivity index (χ1n) is 4.58. The molecule has 0 aliphatic heterocycles. The van der Waals surface area contributed by atoms with E-state index in [1.54, 1.807) is 6.92 Å². The lowest BCUT2D eigenvalue weighted by Gasteiger charge is -2.02. The molecule has 0 saturated carbocycles. The minimum Gasteiger partial charge on any atom is -0.481 e. The molecular weight excluding hydrogens is 199 g/mol. The lowest BCUT2D eigenvalue weighted by molar-refractivity contribution is -0.135. The van der Waals surface area contributed by atoms with Crippen LogP contribution < -0.4 is 0 Å². The maximum atomic E-state index is 13.1. The summed E-state index contributed by atoms with van der Waals surface area (Å²) >= 11 is 0. The van der Waals surface area contributed by atoms with Crippen molar-refractivity contribution in [2.45, 2.75) is 19.8 Å². The van der Waals surface area contributed by atoms with Crippen LogP contribution in [0.4, 0.5) is 4.39 Å². The maximum absolute atomic E-state index is 13.1. The Morgan fingerprint density at radius 3 is 2.60 bits per heavy atom. The number of carboxylic acid groups (broad SMARTS) is 1. The molecule has 1 aromatic rings. The number of halogens is 1. The summed E-state index contributed by atoms with van der Waals surface area (Å²) in [5, 5.41) is 8.43. The zero-order valence-corrected chi connectivity index (χ0v) is 8.29. The first kappa shape index (κ1) is 11.4. The van der Waals surface area contributed by atoms with Gasteiger partial charge in [-0.3, -0.25) is 9.59 Å². The maximum Gasteiger partial charge on any atom is 0.311 e. The van der Waals surface area contributed by atoms with E-state index in [9.17, 15) is 14.0 Å². The highest BCUT2D eigenvalue weighted by Crippen LogP contribution is 2.12. The first-order chi connectivity index (χ1) is 7.04. The van der Waals surface area contributed by atoms with Crippen LogP contribution in [0.15, 0.2) is 18.2 Å². The van der Waals surface area contributed by atoms with Gasteiger partial charge < -0.3 is 5.11 Å². The third kappa shape index (κ3) is 2.87. The third-order valence-electron chi connectivity index (χ3n) is 2.06. The fourth-order valence-electron chi connectivity index (χ4n) is 1.26. The van der Waals surface area contributed by atoms with Gasteiger partial charge in [-0.25, -0.2) is 4.39 Å². The van der Waals surface area contributed by atoms with Crippen molar-refractivity contribution < 1.29 is 19.1 Å². The summed E-state index contributed by atoms with van der Waals surface area (Å²) in [6.07, 6.45) is -0.0885. The molecule has 0 bridgehead atoms. The molecule has 0 aromatic heterocycles. The number of hydrogen-bond donors (Lipinski definition) is 1. The minimum atomic E-state index is -1.18. The second-order valence-electron chi connectivity index (χ2n) is 3.15. The van der Waals surface area contributed by atoms with Crippen molar-refractivity contribution in [3.8, 4) is 0 Å². The van der Waals surface area contributed by atoms with Crippen LogP contribution >= 0.6 is 0 Å². The van der Waals surface area contributed by atoms with Crippen LogP contribution in [0, 0.1) is 5.82 Å². The highest BCUT2D eigenvalue weighted by molar-refractivity contribution is 6.05. The molecule has 0 radical (unpaired) electrons. The zero-order chi connectivity index (χ0) is 11.4. The molecule has 80 valence electrons. The van der Waals surface area contributed by atoms with E-state index in [1.165, 1.54) is 18.2 Å². The van der Waals surface area contributed by atoms with E-state index in [0.717, 1.165) is 0 Å². The molecule has 0 aliphatic carbocycles. The van der Waals surface area contributed by atoms with E-state index in [1.807, 2.05) is 0 Å². The molecule has 0 amide bonds. The summed E-state index contributed by atoms with van der Waals surface area (Å²) in [5.41, 5.74) is 0.668. The Labute approximate surface area is 86.5 Å². The topological polar surface area (TPSA) is 54.4 Å². The molecule has 4 heteroatoms. The summed E-state index contributed by atoms with van der Waals surface area (Å²) in [7, 11) is 0. The summed E-state index contributed by atoms with van der Waals surface area (Å²) in [6, 6.07) is 3.90. The van der Waals surface area contributed by atoms with Crippen molar-refractivity contribution in [2.24, 2.45) is 0 Å². The number of carbonyl (C=O) groups excluding carboxylic acids is 1. The molecule has 0 aliphatic rings. The smallest absolute Gasteiger partial charge is 0.311 e. The van der Waals surface area contributed by atoms with E-state index >= 15 is 0 Å². The Bertz CT molecular complexity index is 399. The number of rotatable bonds is 4. The van der Waals surface area contributed by atoms with Gasteiger partial charge in [-0.15, -0.1) is 0 Å². The molecule has 1 aromatic carbocycles. The van der Waals surface area contributed by atoms with E-state index in [-0.39, 0.29) is 11.4 Å². The number of aliphatic carboxylic acids is 1. The molecule has 0 heterocycles. The largest absolute Gasteiger partial charge is 0.481 e. The van der Waals surface area contributed by atoms with Crippen LogP contribution in [0.5, 0.6) is 0 Å². The molecule has 0 unspecified atom stereocenters. The molecule has 1 rings (SSSR count). The highest BCUT2D eigenvalue weighted by atomic mass is 19.1. The molecule has 0 atom stereocenters. The van der Waals surface area contributed by atoms with Crippen molar-refractivity contribution in [3.63, 3.8) is 0 Å². The predicted octanol–water partition coefficient (Wildman–Crippen LogP) is 2.05. The molecule has 1 N–H and O–H groups in total. The van der Waals surface area contributed by atoms with Crippen molar-refractivity contribution in [3.05, 3.63) is 35.1 Å². The van der Waals surface area contributed by atoms with Crippen molar-refractivity contribution in [2.75, 3.05) is 0 Å². The Balaban J connectivity index is 2.95. The Kier molecular flexibility index (Phi) is 3.55. The standard InChI is InChI=1S/C11H11FO3/c1-2-7-5-8(3-4-9(7)12)10(13)6-11(14)15/h3-5H,2,6H2,1H3,(H,14,15). The van der Waals surface area contributed by atoms with E-state index in [0.29, 0.717) is 12.0 Å². The van der Waals surface area contributed by atoms with Crippen LogP contribution in [0.25, 0.3) is 0 Å². The fraction of sp³-hybridized carbons (Fsp3) is 0.273. The first-order valence-corrected chi connectivity index (χ1v) is 4.58. The number of Topliss-reactive ketones (excluding diaryl/α,β-unsaturated/α-hetero) is 1. The fourth-order valence-corrected chi connectivity index (χ4v) is 1.26. The van der Waals surface area contributed by atoms with Gasteiger partial charge in [-0.1, -0.05) is 6.92 Å². The van der Waals surface area contributed by atoms with E-state index < -0.39 is 18.2 Å². The summed E-state index contributed by atoms with van der Waals surface area (Å²) < 4.78 is 13.1. The van der Waals surface area contributed by atoms with E-state index in [4.69, 9.17) is 5.11 Å². The second-order valence-corrected chi connectivity index (χ2v) is 3.15. The Hall–Kier alpha value is -1.71. The van der Waals surface area contributed by atoms with Gasteiger partial charge in [0.25, 0.3) is 0 Å². The lowest BCUT2D eigenvalue weighted by atomic mass is 10.0. The number of hydrogen-bond acceptors (Lipinski definition) is 2. The van der Waals surface area contributed by atoms with Gasteiger partial charge in [0.05, 0.1) is 0 Å². The zero-order valence-electron chi connectivity index (χ0n) is 8.29. The summed E-state index contributed by atoms with van der Waals surface area (Å²) in [6.45, 7) is 1.77. The van der Waals surface area contributed by atoms with Gasteiger partial charge in [-0.05, 0) is 30.2 Å². The van der Waals surface area contributed by atoms with Crippen LogP contribution in [0.1, 0.15) is 29.3 Å².